The Labute approximate surface area is 141 Å². The highest BCUT2D eigenvalue weighted by atomic mass is 19.1. The van der Waals surface area contributed by atoms with Crippen LogP contribution in [0.25, 0.3) is 0 Å². The molecule has 0 bridgehead atoms. The highest BCUT2D eigenvalue weighted by molar-refractivity contribution is 5.80. The van der Waals surface area contributed by atoms with Crippen molar-refractivity contribution in [3.8, 4) is 0 Å². The van der Waals surface area contributed by atoms with Crippen LogP contribution in [-0.2, 0) is 35.8 Å². The molecule has 0 spiro atoms. The molecular formula is C18H22FN3O2. The highest BCUT2D eigenvalue weighted by Gasteiger charge is 2.27. The molecule has 3 rings (SSSR count). The molecule has 0 atom stereocenters. The first-order chi connectivity index (χ1) is 11.5. The van der Waals surface area contributed by atoms with Gasteiger partial charge in [-0.2, -0.15) is 5.10 Å². The molecule has 128 valence electrons. The van der Waals surface area contributed by atoms with Gasteiger partial charge in [-0.25, -0.2) is 9.07 Å². The predicted molar refractivity (Wildman–Crippen MR) is 87.7 cm³/mol. The second-order valence-electron chi connectivity index (χ2n) is 6.07. The number of carbonyl (C=O) groups is 1. The van der Waals surface area contributed by atoms with E-state index in [1.165, 1.54) is 6.07 Å². The lowest BCUT2D eigenvalue weighted by Crippen LogP contribution is -2.27. The molecule has 1 aromatic heterocycles. The van der Waals surface area contributed by atoms with Crippen molar-refractivity contribution in [2.45, 2.75) is 47.0 Å². The average Bonchev–Trinajstić information content (AvgIpc) is 3.10. The van der Waals surface area contributed by atoms with Gasteiger partial charge >= 0.3 is 0 Å². The second kappa shape index (κ2) is 6.73. The lowest BCUT2D eigenvalue weighted by atomic mass is 10.1. The minimum absolute atomic E-state index is 0.00670. The van der Waals surface area contributed by atoms with Crippen molar-refractivity contribution in [2.75, 3.05) is 6.61 Å². The van der Waals surface area contributed by atoms with Crippen LogP contribution in [0.2, 0.25) is 0 Å². The molecule has 0 saturated carbocycles. The van der Waals surface area contributed by atoms with Crippen LogP contribution in [0.4, 0.5) is 4.39 Å². The maximum absolute atomic E-state index is 13.8. The fourth-order valence-corrected chi connectivity index (χ4v) is 3.11. The number of hydrogen-bond acceptors (Lipinski definition) is 3. The third-order valence-corrected chi connectivity index (χ3v) is 4.56. The van der Waals surface area contributed by atoms with Gasteiger partial charge in [-0.3, -0.25) is 4.79 Å². The van der Waals surface area contributed by atoms with E-state index in [1.54, 1.807) is 15.6 Å². The third kappa shape index (κ3) is 3.06. The second-order valence-corrected chi connectivity index (χ2v) is 6.07. The van der Waals surface area contributed by atoms with Gasteiger partial charge in [-0.05, 0) is 32.4 Å². The van der Waals surface area contributed by atoms with Gasteiger partial charge in [0.25, 0.3) is 0 Å². The van der Waals surface area contributed by atoms with E-state index in [1.807, 2.05) is 26.8 Å². The van der Waals surface area contributed by atoms with Crippen LogP contribution in [0.1, 0.15) is 35.0 Å². The Kier molecular flexibility index (Phi) is 4.66. The largest absolute Gasteiger partial charge is 0.360 e. The number of benzene rings is 1. The lowest BCUT2D eigenvalue weighted by Gasteiger charge is -2.15. The van der Waals surface area contributed by atoms with Gasteiger partial charge < -0.3 is 9.64 Å². The van der Waals surface area contributed by atoms with Crippen LogP contribution in [0, 0.1) is 19.7 Å². The number of amides is 1. The van der Waals surface area contributed by atoms with Gasteiger partial charge in [0.15, 0.2) is 0 Å². The number of rotatable bonds is 5. The van der Waals surface area contributed by atoms with Crippen LogP contribution >= 0.6 is 0 Å². The van der Waals surface area contributed by atoms with E-state index < -0.39 is 0 Å². The fraction of sp³-hybridized carbons (Fsp3) is 0.444. The summed E-state index contributed by atoms with van der Waals surface area (Å²) in [6.45, 7) is 7.59. The molecule has 0 saturated heterocycles. The number of halogens is 1. The van der Waals surface area contributed by atoms with E-state index in [-0.39, 0.29) is 18.1 Å². The summed E-state index contributed by atoms with van der Waals surface area (Å²) in [5.41, 5.74) is 4.23. The molecule has 1 aliphatic rings. The Bertz CT molecular complexity index is 770. The van der Waals surface area contributed by atoms with Crippen LogP contribution in [0.3, 0.4) is 0 Å². The summed E-state index contributed by atoms with van der Waals surface area (Å²) in [4.78, 5) is 14.4. The van der Waals surface area contributed by atoms with E-state index in [2.05, 4.69) is 5.10 Å². The van der Waals surface area contributed by atoms with Gasteiger partial charge in [-0.1, -0.05) is 12.1 Å². The summed E-state index contributed by atoms with van der Waals surface area (Å²) < 4.78 is 21.0. The summed E-state index contributed by atoms with van der Waals surface area (Å²) in [5, 5.41) is 4.44. The molecule has 0 aliphatic carbocycles. The molecule has 0 radical (unpaired) electrons. The van der Waals surface area contributed by atoms with Crippen LogP contribution < -0.4 is 0 Å². The van der Waals surface area contributed by atoms with E-state index in [4.69, 9.17) is 4.74 Å². The molecule has 6 heteroatoms. The average molecular weight is 331 g/mol. The summed E-state index contributed by atoms with van der Waals surface area (Å²) in [6.07, 6.45) is 0.277. The zero-order chi connectivity index (χ0) is 17.3. The van der Waals surface area contributed by atoms with Crippen LogP contribution in [0.5, 0.6) is 0 Å². The number of aromatic nitrogens is 2. The standard InChI is InChI=1S/C18H22FN3O2/c1-4-24-11-22-13(3)15(12(2)20-22)8-18(23)21-9-14-6-5-7-17(19)16(14)10-21/h5-7H,4,8-11H2,1-3H3. The zero-order valence-corrected chi connectivity index (χ0v) is 14.3. The number of ether oxygens (including phenoxy) is 1. The lowest BCUT2D eigenvalue weighted by molar-refractivity contribution is -0.131. The Balaban J connectivity index is 1.73. The SMILES string of the molecule is CCOCn1nc(C)c(CC(=O)N2Cc3cccc(F)c3C2)c1C. The molecule has 0 fully saturated rings. The Morgan fingerprint density at radius 1 is 1.33 bits per heavy atom. The van der Waals surface area contributed by atoms with E-state index in [0.717, 1.165) is 22.5 Å². The Hall–Kier alpha value is -2.21. The first-order valence-corrected chi connectivity index (χ1v) is 8.16. The predicted octanol–water partition coefficient (Wildman–Crippen LogP) is 2.72. The molecule has 0 unspecified atom stereocenters. The normalized spacial score (nSPS) is 13.4. The van der Waals surface area contributed by atoms with Gasteiger partial charge in [0.05, 0.1) is 12.1 Å². The maximum atomic E-state index is 13.8. The maximum Gasteiger partial charge on any atom is 0.227 e. The number of aryl methyl sites for hydroxylation is 1. The van der Waals surface area contributed by atoms with Crippen molar-refractivity contribution in [3.63, 3.8) is 0 Å². The van der Waals surface area contributed by atoms with Crippen LogP contribution in [0.15, 0.2) is 18.2 Å². The van der Waals surface area contributed by atoms with Crippen molar-refractivity contribution in [3.05, 3.63) is 52.1 Å². The van der Waals surface area contributed by atoms with E-state index in [9.17, 15) is 9.18 Å². The number of carbonyl (C=O) groups excluding carboxylic acids is 1. The van der Waals surface area contributed by atoms with Crippen molar-refractivity contribution in [1.29, 1.82) is 0 Å². The van der Waals surface area contributed by atoms with E-state index >= 15 is 0 Å². The minimum Gasteiger partial charge on any atom is -0.360 e. The molecule has 1 aromatic carbocycles. The van der Waals surface area contributed by atoms with Crippen molar-refractivity contribution >= 4 is 5.91 Å². The summed E-state index contributed by atoms with van der Waals surface area (Å²) in [5.74, 6) is -0.243. The van der Waals surface area contributed by atoms with Gasteiger partial charge in [0.1, 0.15) is 12.5 Å². The first kappa shape index (κ1) is 16.6. The molecule has 5 nitrogen and oxygen atoms in total. The molecular weight excluding hydrogens is 309 g/mol. The summed E-state index contributed by atoms with van der Waals surface area (Å²) >= 11 is 0. The molecule has 1 amide bonds. The van der Waals surface area contributed by atoms with E-state index in [0.29, 0.717) is 32.0 Å². The Morgan fingerprint density at radius 2 is 2.12 bits per heavy atom. The molecule has 1 aliphatic heterocycles. The van der Waals surface area contributed by atoms with Crippen molar-refractivity contribution in [1.82, 2.24) is 14.7 Å². The number of nitrogens with zero attached hydrogens (tertiary/aromatic N) is 3. The third-order valence-electron chi connectivity index (χ3n) is 4.56. The summed E-state index contributed by atoms with van der Waals surface area (Å²) in [6, 6.07) is 5.01. The topological polar surface area (TPSA) is 47.4 Å². The Morgan fingerprint density at radius 3 is 2.83 bits per heavy atom. The van der Waals surface area contributed by atoms with Gasteiger partial charge in [-0.15, -0.1) is 0 Å². The number of fused-ring (bicyclic) bond motifs is 1. The molecule has 24 heavy (non-hydrogen) atoms. The monoisotopic (exact) mass is 331 g/mol. The highest BCUT2D eigenvalue weighted by Crippen LogP contribution is 2.26. The fourth-order valence-electron chi connectivity index (χ4n) is 3.11. The van der Waals surface area contributed by atoms with Crippen molar-refractivity contribution < 1.29 is 13.9 Å². The molecule has 0 N–H and O–H groups in total. The minimum atomic E-state index is -0.236. The molecule has 2 aromatic rings. The van der Waals surface area contributed by atoms with Crippen LogP contribution in [-0.4, -0.2) is 27.2 Å². The first-order valence-electron chi connectivity index (χ1n) is 8.16. The molecule has 2 heterocycles. The number of hydrogen-bond donors (Lipinski definition) is 0. The quantitative estimate of drug-likeness (QED) is 0.846. The van der Waals surface area contributed by atoms with Gasteiger partial charge in [0.2, 0.25) is 5.91 Å². The summed E-state index contributed by atoms with van der Waals surface area (Å²) in [7, 11) is 0. The van der Waals surface area contributed by atoms with Gasteiger partial charge in [0, 0.05) is 36.5 Å². The smallest absolute Gasteiger partial charge is 0.227 e. The zero-order valence-electron chi connectivity index (χ0n) is 14.3. The van der Waals surface area contributed by atoms with Crippen molar-refractivity contribution in [2.24, 2.45) is 0 Å².